The summed E-state index contributed by atoms with van der Waals surface area (Å²) in [5.74, 6) is 0.659. The zero-order valence-electron chi connectivity index (χ0n) is 19.4. The molecule has 2 aliphatic rings. The maximum absolute atomic E-state index is 13.3. The fourth-order valence-electron chi connectivity index (χ4n) is 4.94. The fraction of sp³-hybridized carbons (Fsp3) is 0.522. The maximum Gasteiger partial charge on any atom is 0.325 e. The van der Waals surface area contributed by atoms with Crippen molar-refractivity contribution in [2.45, 2.75) is 69.9 Å². The van der Waals surface area contributed by atoms with Gasteiger partial charge in [-0.2, -0.15) is 5.10 Å². The highest BCUT2D eigenvalue weighted by Gasteiger charge is 2.54. The summed E-state index contributed by atoms with van der Waals surface area (Å²) in [4.78, 5) is 30.1. The Balaban J connectivity index is 1.57. The number of carbonyl (C=O) groups is 2. The first-order valence-electron chi connectivity index (χ1n) is 11.0. The van der Waals surface area contributed by atoms with Crippen LogP contribution in [0, 0.1) is 0 Å². The molecule has 1 fully saturated rings. The molecule has 0 saturated heterocycles. The number of para-hydroxylation sites is 1. The van der Waals surface area contributed by atoms with Crippen molar-refractivity contribution in [3.8, 4) is 0 Å². The van der Waals surface area contributed by atoms with E-state index in [1.807, 2.05) is 49.1 Å². The molecule has 3 amide bonds. The number of hydrogen-bond donors (Lipinski definition) is 2. The third-order valence-corrected chi connectivity index (χ3v) is 11.0. The Morgan fingerprint density at radius 2 is 1.81 bits per heavy atom. The van der Waals surface area contributed by atoms with Gasteiger partial charge >= 0.3 is 6.03 Å². The second-order valence-electron chi connectivity index (χ2n) is 10.4. The third-order valence-electron chi connectivity index (χ3n) is 7.44. The lowest BCUT2D eigenvalue weighted by Gasteiger charge is -2.48. The summed E-state index contributed by atoms with van der Waals surface area (Å²) in [5, 5.41) is 10.4. The van der Waals surface area contributed by atoms with E-state index in [1.165, 1.54) is 0 Å². The van der Waals surface area contributed by atoms with Crippen LogP contribution in [0.15, 0.2) is 30.3 Å². The minimum absolute atomic E-state index is 0.0874. The molecular weight excluding hydrogens is 406 g/mol. The summed E-state index contributed by atoms with van der Waals surface area (Å²) in [5.41, 5.74) is 2.07. The van der Waals surface area contributed by atoms with Gasteiger partial charge in [-0.25, -0.2) is 4.79 Å². The van der Waals surface area contributed by atoms with Gasteiger partial charge in [-0.3, -0.25) is 14.8 Å². The van der Waals surface area contributed by atoms with Gasteiger partial charge in [0.15, 0.2) is 5.82 Å². The number of rotatable bonds is 4. The standard InChI is InChI=1S/C23H33N5O2Si/c1-22(2)18-17(15-28(22)21(30)27(3)16-11-8-7-9-12-16)19(26-25-18)24-20(29)23(13-10-14-23)31(4,5)6/h7-9,11-12H,10,13-15H2,1-6H3,(H2,24,25,26,29). The van der Waals surface area contributed by atoms with Gasteiger partial charge in [0, 0.05) is 23.3 Å². The van der Waals surface area contributed by atoms with Crippen molar-refractivity contribution in [2.24, 2.45) is 0 Å². The van der Waals surface area contributed by atoms with E-state index in [4.69, 9.17) is 0 Å². The molecule has 0 spiro atoms. The molecule has 1 aromatic heterocycles. The van der Waals surface area contributed by atoms with Crippen LogP contribution in [0.3, 0.4) is 0 Å². The number of amides is 3. The van der Waals surface area contributed by atoms with E-state index in [2.05, 4.69) is 35.2 Å². The van der Waals surface area contributed by atoms with E-state index in [0.29, 0.717) is 12.4 Å². The predicted octanol–water partition coefficient (Wildman–Crippen LogP) is 4.92. The van der Waals surface area contributed by atoms with Gasteiger partial charge in [0.1, 0.15) is 0 Å². The average molecular weight is 440 g/mol. The van der Waals surface area contributed by atoms with Crippen LogP contribution in [-0.4, -0.2) is 42.2 Å². The lowest BCUT2D eigenvalue weighted by molar-refractivity contribution is -0.121. The molecule has 0 radical (unpaired) electrons. The van der Waals surface area contributed by atoms with Gasteiger partial charge in [0.25, 0.3) is 0 Å². The molecule has 8 heteroatoms. The fourth-order valence-corrected chi connectivity index (χ4v) is 7.54. The Kier molecular flexibility index (Phi) is 5.03. The number of aromatic amines is 1. The van der Waals surface area contributed by atoms with Crippen molar-refractivity contribution in [1.82, 2.24) is 15.1 Å². The quantitative estimate of drug-likeness (QED) is 0.664. The van der Waals surface area contributed by atoms with Gasteiger partial charge in [0.05, 0.1) is 25.9 Å². The number of nitrogens with one attached hydrogen (secondary N) is 2. The molecule has 4 rings (SSSR count). The molecular formula is C23H33N5O2Si. The number of anilines is 2. The van der Waals surface area contributed by atoms with Gasteiger partial charge in [-0.15, -0.1) is 0 Å². The van der Waals surface area contributed by atoms with Gasteiger partial charge < -0.3 is 10.2 Å². The molecule has 31 heavy (non-hydrogen) atoms. The molecule has 166 valence electrons. The van der Waals surface area contributed by atoms with Gasteiger partial charge in [0.2, 0.25) is 5.91 Å². The number of H-pyrrole nitrogens is 1. The van der Waals surface area contributed by atoms with Gasteiger partial charge in [-0.1, -0.05) is 44.3 Å². The first-order valence-corrected chi connectivity index (χ1v) is 14.5. The average Bonchev–Trinajstić information content (AvgIpc) is 3.17. The third kappa shape index (κ3) is 3.28. The molecule has 0 atom stereocenters. The summed E-state index contributed by atoms with van der Waals surface area (Å²) in [7, 11) is 0.108. The molecule has 0 unspecified atom stereocenters. The molecule has 1 aromatic carbocycles. The normalized spacial score (nSPS) is 18.8. The topological polar surface area (TPSA) is 81.3 Å². The van der Waals surface area contributed by atoms with E-state index in [-0.39, 0.29) is 17.0 Å². The minimum atomic E-state index is -1.68. The van der Waals surface area contributed by atoms with Crippen LogP contribution in [-0.2, 0) is 16.9 Å². The van der Waals surface area contributed by atoms with E-state index in [1.54, 1.807) is 11.9 Å². The molecule has 2 N–H and O–H groups in total. The number of benzene rings is 1. The number of hydrogen-bond acceptors (Lipinski definition) is 3. The van der Waals surface area contributed by atoms with Crippen molar-refractivity contribution < 1.29 is 9.59 Å². The largest absolute Gasteiger partial charge is 0.325 e. The van der Waals surface area contributed by atoms with Crippen molar-refractivity contribution in [3.05, 3.63) is 41.6 Å². The smallest absolute Gasteiger partial charge is 0.309 e. The number of aromatic nitrogens is 2. The van der Waals surface area contributed by atoms with Crippen LogP contribution in [0.1, 0.15) is 44.4 Å². The zero-order valence-corrected chi connectivity index (χ0v) is 20.4. The molecule has 1 aliphatic carbocycles. The Hall–Kier alpha value is -2.61. The maximum atomic E-state index is 13.3. The molecule has 0 bridgehead atoms. The summed E-state index contributed by atoms with van der Waals surface area (Å²) in [6.45, 7) is 11.2. The predicted molar refractivity (Wildman–Crippen MR) is 126 cm³/mol. The number of urea groups is 1. The zero-order chi connectivity index (χ0) is 22.6. The molecule has 2 heterocycles. The van der Waals surface area contributed by atoms with Crippen molar-refractivity contribution in [1.29, 1.82) is 0 Å². The number of nitrogens with zero attached hydrogens (tertiary/aromatic N) is 3. The van der Waals surface area contributed by atoms with E-state index >= 15 is 0 Å². The minimum Gasteiger partial charge on any atom is -0.309 e. The Morgan fingerprint density at radius 3 is 2.35 bits per heavy atom. The summed E-state index contributed by atoms with van der Waals surface area (Å²) in [6.07, 6.45) is 3.02. The molecule has 2 aromatic rings. The van der Waals surface area contributed by atoms with Crippen LogP contribution in [0.2, 0.25) is 24.7 Å². The highest BCUT2D eigenvalue weighted by atomic mass is 28.3. The summed E-state index contributed by atoms with van der Waals surface area (Å²) < 4.78 is 0. The summed E-state index contributed by atoms with van der Waals surface area (Å²) >= 11 is 0. The van der Waals surface area contributed by atoms with Gasteiger partial charge in [-0.05, 0) is 38.8 Å². The van der Waals surface area contributed by atoms with Crippen molar-refractivity contribution >= 4 is 31.5 Å². The Labute approximate surface area is 185 Å². The van der Waals surface area contributed by atoms with Crippen LogP contribution >= 0.6 is 0 Å². The first kappa shape index (κ1) is 21.6. The van der Waals surface area contributed by atoms with E-state index in [0.717, 1.165) is 36.2 Å². The van der Waals surface area contributed by atoms with Crippen LogP contribution in [0.5, 0.6) is 0 Å². The van der Waals surface area contributed by atoms with Crippen LogP contribution in [0.25, 0.3) is 0 Å². The Morgan fingerprint density at radius 1 is 1.16 bits per heavy atom. The van der Waals surface area contributed by atoms with E-state index in [9.17, 15) is 9.59 Å². The molecule has 7 nitrogen and oxygen atoms in total. The van der Waals surface area contributed by atoms with E-state index < -0.39 is 13.6 Å². The lowest BCUT2D eigenvalue weighted by Crippen LogP contribution is -2.52. The van der Waals surface area contributed by atoms with Crippen molar-refractivity contribution in [3.63, 3.8) is 0 Å². The Bertz CT molecular complexity index is 1000. The number of fused-ring (bicyclic) bond motifs is 1. The number of carbonyl (C=O) groups excluding carboxylic acids is 2. The monoisotopic (exact) mass is 439 g/mol. The second kappa shape index (κ2) is 7.22. The van der Waals surface area contributed by atoms with Crippen LogP contribution in [0.4, 0.5) is 16.3 Å². The highest BCUT2D eigenvalue weighted by Crippen LogP contribution is 2.56. The van der Waals surface area contributed by atoms with Crippen molar-refractivity contribution in [2.75, 3.05) is 17.3 Å². The highest BCUT2D eigenvalue weighted by molar-refractivity contribution is 6.83. The molecule has 1 saturated carbocycles. The second-order valence-corrected chi connectivity index (χ2v) is 15.8. The SMILES string of the molecule is CN(C(=O)N1Cc2c(NC(=O)C3([Si](C)(C)C)CCC3)n[nH]c2C1(C)C)c1ccccc1. The lowest BCUT2D eigenvalue weighted by atomic mass is 9.83. The first-order chi connectivity index (χ1) is 14.5. The molecule has 1 aliphatic heterocycles. The summed E-state index contributed by atoms with van der Waals surface area (Å²) in [6, 6.07) is 9.52. The van der Waals surface area contributed by atoms with Crippen LogP contribution < -0.4 is 10.2 Å².